The van der Waals surface area contributed by atoms with Crippen molar-refractivity contribution in [2.45, 2.75) is 30.7 Å². The Bertz CT molecular complexity index is 2510. The van der Waals surface area contributed by atoms with Crippen molar-refractivity contribution >= 4 is 51.6 Å². The average molecular weight is 784 g/mol. The third-order valence-corrected chi connectivity index (χ3v) is 11.0. The van der Waals surface area contributed by atoms with Gasteiger partial charge in [0.05, 0.1) is 28.5 Å². The first kappa shape index (κ1) is 36.0. The smallest absolute Gasteiger partial charge is 0.451 e. The lowest BCUT2D eigenvalue weighted by molar-refractivity contribution is -0.179. The third-order valence-electron chi connectivity index (χ3n) is 10.2. The molecule has 2 aromatic carbocycles. The molecule has 5 aromatic rings. The van der Waals surface area contributed by atoms with E-state index in [1.807, 2.05) is 12.1 Å². The third kappa shape index (κ3) is 5.88. The second-order valence-corrected chi connectivity index (χ2v) is 14.3. The number of rotatable bonds is 6. The number of alkyl halides is 3. The monoisotopic (exact) mass is 782 g/mol. The second kappa shape index (κ2) is 13.1. The number of likely N-dealkylation sites (tertiary alicyclic amines) is 1. The van der Waals surface area contributed by atoms with E-state index in [1.165, 1.54) is 20.2 Å². The molecule has 2 saturated heterocycles. The van der Waals surface area contributed by atoms with E-state index in [0.717, 1.165) is 33.1 Å². The van der Waals surface area contributed by atoms with Gasteiger partial charge in [-0.15, -0.1) is 0 Å². The van der Waals surface area contributed by atoms with Gasteiger partial charge in [0.15, 0.2) is 5.65 Å². The van der Waals surface area contributed by atoms with Crippen LogP contribution in [0.25, 0.3) is 33.4 Å². The van der Waals surface area contributed by atoms with Crippen molar-refractivity contribution in [1.29, 1.82) is 0 Å². The maximum atomic E-state index is 13.9. The number of halogens is 5. The molecule has 2 aliphatic heterocycles. The van der Waals surface area contributed by atoms with Crippen molar-refractivity contribution in [3.63, 3.8) is 0 Å². The van der Waals surface area contributed by atoms with Crippen molar-refractivity contribution in [3.8, 4) is 28.3 Å². The summed E-state index contributed by atoms with van der Waals surface area (Å²) in [5, 5.41) is 5.75. The molecule has 280 valence electrons. The Balaban J connectivity index is 1.14. The van der Waals surface area contributed by atoms with Crippen LogP contribution in [0, 0.1) is 0 Å². The zero-order valence-corrected chi connectivity index (χ0v) is 30.5. The molecule has 0 radical (unpaired) electrons. The number of morpholine rings is 1. The molecule has 3 aliphatic rings. The molecule has 1 atom stereocenters. The number of benzene rings is 2. The first-order chi connectivity index (χ1) is 25.7. The van der Waals surface area contributed by atoms with Crippen LogP contribution in [0.3, 0.4) is 0 Å². The van der Waals surface area contributed by atoms with Crippen molar-refractivity contribution < 1.29 is 27.4 Å². The van der Waals surface area contributed by atoms with Crippen LogP contribution in [0.2, 0.25) is 10.0 Å². The predicted molar refractivity (Wildman–Crippen MR) is 194 cm³/mol. The Hall–Kier alpha value is -5.03. The number of carbonyl (C=O) groups is 1. The minimum Gasteiger partial charge on any atom is -0.481 e. The molecule has 2 fully saturated rings. The molecule has 54 heavy (non-hydrogen) atoms. The SMILES string of the molecule is COc1nc(-c2cccc(-c3cccc(Nc4nc(C(F)(F)F)nc5c4c(=O)n(C)c(=O)n5C)c3Cl)c2Cl)cc2c1C(N1CC3(CNC(=O)CO3)C1)CC2. The number of hydrogen-bond donors (Lipinski definition) is 2. The first-order valence-corrected chi connectivity index (χ1v) is 17.6. The normalized spacial score (nSPS) is 18.1. The number of nitrogens with one attached hydrogen (secondary N) is 2. The second-order valence-electron chi connectivity index (χ2n) is 13.6. The minimum atomic E-state index is -4.99. The number of amides is 1. The van der Waals surface area contributed by atoms with Crippen molar-refractivity contribution in [2.75, 3.05) is 38.7 Å². The number of carbonyl (C=O) groups excluding carboxylic acids is 1. The molecule has 1 aliphatic carbocycles. The van der Waals surface area contributed by atoms with E-state index < -0.39 is 34.7 Å². The van der Waals surface area contributed by atoms with Gasteiger partial charge in [-0.3, -0.25) is 23.6 Å². The summed E-state index contributed by atoms with van der Waals surface area (Å²) in [5.41, 5.74) is 1.70. The van der Waals surface area contributed by atoms with Gasteiger partial charge in [0.2, 0.25) is 17.6 Å². The first-order valence-electron chi connectivity index (χ1n) is 16.8. The highest BCUT2D eigenvalue weighted by Crippen LogP contribution is 2.48. The lowest BCUT2D eigenvalue weighted by Gasteiger charge is -2.53. The summed E-state index contributed by atoms with van der Waals surface area (Å²) in [4.78, 5) is 51.7. The summed E-state index contributed by atoms with van der Waals surface area (Å²) in [6, 6.07) is 12.3. The molecule has 2 N–H and O–H groups in total. The Labute approximate surface area is 314 Å². The number of nitrogens with zero attached hydrogens (tertiary/aromatic N) is 6. The zero-order valence-electron chi connectivity index (χ0n) is 29.0. The zero-order chi connectivity index (χ0) is 38.3. The average Bonchev–Trinajstić information content (AvgIpc) is 3.56. The molecule has 1 unspecified atom stereocenters. The molecule has 1 amide bonds. The van der Waals surface area contributed by atoms with Gasteiger partial charge in [-0.05, 0) is 30.5 Å². The summed E-state index contributed by atoms with van der Waals surface area (Å²) in [6.45, 7) is 1.89. The van der Waals surface area contributed by atoms with Crippen molar-refractivity contribution in [3.05, 3.63) is 90.3 Å². The van der Waals surface area contributed by atoms with Crippen LogP contribution < -0.4 is 26.6 Å². The predicted octanol–water partition coefficient (Wildman–Crippen LogP) is 5.02. The Morgan fingerprint density at radius 3 is 2.37 bits per heavy atom. The van der Waals surface area contributed by atoms with E-state index in [-0.39, 0.29) is 40.3 Å². The fourth-order valence-electron chi connectivity index (χ4n) is 7.52. The van der Waals surface area contributed by atoms with E-state index in [1.54, 1.807) is 31.4 Å². The van der Waals surface area contributed by atoms with Gasteiger partial charge in [-0.1, -0.05) is 53.5 Å². The van der Waals surface area contributed by atoms with Crippen LogP contribution in [0.1, 0.15) is 29.4 Å². The Kier molecular flexibility index (Phi) is 8.71. The summed E-state index contributed by atoms with van der Waals surface area (Å²) < 4.78 is 55.1. The minimum absolute atomic E-state index is 0.0570. The van der Waals surface area contributed by atoms with Gasteiger partial charge in [0.25, 0.3) is 5.56 Å². The van der Waals surface area contributed by atoms with Gasteiger partial charge in [0.1, 0.15) is 23.4 Å². The summed E-state index contributed by atoms with van der Waals surface area (Å²) >= 11 is 14.0. The standard InChI is InChI=1S/C36H31Cl2F3N8O5/c1-47-30-26(32(51)48(2)34(47)52)29(45-33(46-30)36(39,40)41)43-21-9-5-7-19(28(21)38)18-6-4-8-20(27(18)37)22-12-17-10-11-23(25(17)31(44-22)53-3)49-15-35(16-49)14-42-24(50)13-54-35/h4-9,12,23H,10-11,13-16H2,1-3H3,(H,42,50)(H,43,45,46). The number of ether oxygens (including phenoxy) is 2. The molecular weight excluding hydrogens is 752 g/mol. The lowest BCUT2D eigenvalue weighted by Crippen LogP contribution is -2.70. The largest absolute Gasteiger partial charge is 0.481 e. The van der Waals surface area contributed by atoms with Crippen LogP contribution in [0.15, 0.2) is 52.1 Å². The number of fused-ring (bicyclic) bond motifs is 2. The lowest BCUT2D eigenvalue weighted by atomic mass is 9.89. The van der Waals surface area contributed by atoms with Crippen LogP contribution in [-0.4, -0.2) is 73.8 Å². The molecule has 0 bridgehead atoms. The number of hydrogen-bond acceptors (Lipinski definition) is 10. The number of methoxy groups -OCH3 is 1. The van der Waals surface area contributed by atoms with Crippen molar-refractivity contribution in [2.24, 2.45) is 14.1 Å². The molecule has 1 spiro atoms. The topological polar surface area (TPSA) is 146 Å². The van der Waals surface area contributed by atoms with E-state index in [9.17, 15) is 27.6 Å². The van der Waals surface area contributed by atoms with Gasteiger partial charge < -0.3 is 20.1 Å². The van der Waals surface area contributed by atoms with Gasteiger partial charge in [-0.2, -0.15) is 13.2 Å². The number of aromatic nitrogens is 5. The Morgan fingerprint density at radius 2 is 1.69 bits per heavy atom. The molecule has 18 heteroatoms. The highest BCUT2D eigenvalue weighted by atomic mass is 35.5. The molecule has 5 heterocycles. The molecule has 3 aromatic heterocycles. The fourth-order valence-corrected chi connectivity index (χ4v) is 8.12. The van der Waals surface area contributed by atoms with Crippen molar-refractivity contribution in [1.82, 2.24) is 34.3 Å². The van der Waals surface area contributed by atoms with Crippen LogP contribution >= 0.6 is 23.2 Å². The summed E-state index contributed by atoms with van der Waals surface area (Å²) in [5.74, 6) is -1.66. The Morgan fingerprint density at radius 1 is 0.981 bits per heavy atom. The van der Waals surface area contributed by atoms with Gasteiger partial charge in [0, 0.05) is 62.0 Å². The van der Waals surface area contributed by atoms with E-state index >= 15 is 0 Å². The molecule has 0 saturated carbocycles. The highest BCUT2D eigenvalue weighted by molar-refractivity contribution is 6.39. The van der Waals surface area contributed by atoms with Gasteiger partial charge in [-0.25, -0.2) is 19.7 Å². The van der Waals surface area contributed by atoms with E-state index in [4.69, 9.17) is 37.7 Å². The fraction of sp³-hybridized carbons (Fsp3) is 0.333. The van der Waals surface area contributed by atoms with Crippen LogP contribution in [0.4, 0.5) is 24.7 Å². The highest BCUT2D eigenvalue weighted by Gasteiger charge is 2.50. The number of anilines is 2. The van der Waals surface area contributed by atoms with Crippen LogP contribution in [0.5, 0.6) is 5.88 Å². The molecular formula is C36H31Cl2F3N8O5. The molecule has 8 rings (SSSR count). The number of aryl methyl sites for hydroxylation is 2. The molecule has 13 nitrogen and oxygen atoms in total. The summed E-state index contributed by atoms with van der Waals surface area (Å²) in [6.07, 6.45) is -3.34. The maximum absolute atomic E-state index is 13.9. The quantitative estimate of drug-likeness (QED) is 0.241. The van der Waals surface area contributed by atoms with Crippen LogP contribution in [-0.2, 0) is 36.2 Å². The van der Waals surface area contributed by atoms with Gasteiger partial charge >= 0.3 is 11.9 Å². The van der Waals surface area contributed by atoms with E-state index in [2.05, 4.69) is 25.5 Å². The summed E-state index contributed by atoms with van der Waals surface area (Å²) in [7, 11) is 3.99. The maximum Gasteiger partial charge on any atom is 0.451 e. The number of pyridine rings is 1. The van der Waals surface area contributed by atoms with E-state index in [0.29, 0.717) is 52.9 Å².